The van der Waals surface area contributed by atoms with Crippen molar-refractivity contribution in [3.05, 3.63) is 51.5 Å². The Labute approximate surface area is 117 Å². The summed E-state index contributed by atoms with van der Waals surface area (Å²) >= 11 is 1.51. The number of ketones is 1. The number of rotatable bonds is 3. The molecule has 0 saturated heterocycles. The minimum absolute atomic E-state index is 0.243. The van der Waals surface area contributed by atoms with Crippen molar-refractivity contribution in [1.29, 1.82) is 0 Å². The van der Waals surface area contributed by atoms with E-state index >= 15 is 0 Å². The van der Waals surface area contributed by atoms with Gasteiger partial charge in [0.2, 0.25) is 0 Å². The zero-order valence-corrected chi connectivity index (χ0v) is 11.9. The van der Waals surface area contributed by atoms with Gasteiger partial charge in [-0.3, -0.25) is 4.79 Å². The van der Waals surface area contributed by atoms with E-state index in [4.69, 9.17) is 0 Å². The molecule has 1 atom stereocenters. The lowest BCUT2D eigenvalue weighted by molar-refractivity contribution is 0.0975. The maximum atomic E-state index is 12.3. The van der Waals surface area contributed by atoms with Gasteiger partial charge in [-0.05, 0) is 43.2 Å². The summed E-state index contributed by atoms with van der Waals surface area (Å²) in [4.78, 5) is 17.3. The largest absolute Gasteiger partial charge is 0.293 e. The molecule has 0 N–H and O–H groups in total. The van der Waals surface area contributed by atoms with Crippen molar-refractivity contribution in [2.45, 2.75) is 38.5 Å². The minimum atomic E-state index is 0.243. The second-order valence-corrected chi connectivity index (χ2v) is 6.39. The summed E-state index contributed by atoms with van der Waals surface area (Å²) in [5.41, 5.74) is 2.80. The number of nitrogens with zero attached hydrogens (tertiary/aromatic N) is 1. The number of thiazole rings is 1. The molecule has 1 heterocycles. The van der Waals surface area contributed by atoms with Crippen molar-refractivity contribution >= 4 is 17.1 Å². The fourth-order valence-corrected chi connectivity index (χ4v) is 3.61. The summed E-state index contributed by atoms with van der Waals surface area (Å²) in [7, 11) is 0. The van der Waals surface area contributed by atoms with E-state index in [1.807, 2.05) is 6.92 Å². The predicted molar refractivity (Wildman–Crippen MR) is 77.9 cm³/mol. The van der Waals surface area contributed by atoms with Crippen LogP contribution in [0.25, 0.3) is 0 Å². The van der Waals surface area contributed by atoms with Gasteiger partial charge in [0.25, 0.3) is 0 Å². The van der Waals surface area contributed by atoms with Gasteiger partial charge in [0.1, 0.15) is 0 Å². The van der Waals surface area contributed by atoms with Crippen LogP contribution in [0.15, 0.2) is 30.5 Å². The minimum Gasteiger partial charge on any atom is -0.293 e. The Morgan fingerprint density at radius 2 is 2.26 bits per heavy atom. The van der Waals surface area contributed by atoms with Crippen molar-refractivity contribution < 1.29 is 4.79 Å². The molecule has 0 saturated carbocycles. The Morgan fingerprint density at radius 3 is 3.05 bits per heavy atom. The van der Waals surface area contributed by atoms with Crippen LogP contribution in [0, 0.1) is 6.92 Å². The zero-order chi connectivity index (χ0) is 13.2. The lowest BCUT2D eigenvalue weighted by Crippen LogP contribution is -2.13. The summed E-state index contributed by atoms with van der Waals surface area (Å²) in [6.07, 6.45) is 5.81. The van der Waals surface area contributed by atoms with Gasteiger partial charge >= 0.3 is 0 Å². The monoisotopic (exact) mass is 271 g/mol. The maximum absolute atomic E-state index is 12.3. The molecule has 0 aliphatic heterocycles. The molecule has 2 aromatic rings. The summed E-state index contributed by atoms with van der Waals surface area (Å²) in [6, 6.07) is 8.56. The fourth-order valence-electron chi connectivity index (χ4n) is 2.88. The molecule has 0 fully saturated rings. The van der Waals surface area contributed by atoms with Crippen LogP contribution in [0.4, 0.5) is 0 Å². The van der Waals surface area contributed by atoms with Crippen LogP contribution >= 0.6 is 11.3 Å². The molecular weight excluding hydrogens is 254 g/mol. The highest BCUT2D eigenvalue weighted by Crippen LogP contribution is 2.35. The molecule has 98 valence electrons. The first-order valence-electron chi connectivity index (χ1n) is 6.77. The smallest absolute Gasteiger partial charge is 0.175 e. The van der Waals surface area contributed by atoms with E-state index in [0.29, 0.717) is 12.3 Å². The van der Waals surface area contributed by atoms with Crippen LogP contribution in [0.5, 0.6) is 0 Å². The van der Waals surface area contributed by atoms with Gasteiger partial charge in [-0.15, -0.1) is 11.3 Å². The van der Waals surface area contributed by atoms with Crippen molar-refractivity contribution in [3.63, 3.8) is 0 Å². The Kier molecular flexibility index (Phi) is 3.47. The maximum Gasteiger partial charge on any atom is 0.175 e. The van der Waals surface area contributed by atoms with Gasteiger partial charge < -0.3 is 0 Å². The van der Waals surface area contributed by atoms with E-state index in [0.717, 1.165) is 22.7 Å². The van der Waals surface area contributed by atoms with Crippen LogP contribution in [0.1, 0.15) is 51.0 Å². The molecule has 0 spiro atoms. The van der Waals surface area contributed by atoms with Gasteiger partial charge in [0, 0.05) is 12.6 Å². The summed E-state index contributed by atoms with van der Waals surface area (Å²) in [5, 5.41) is 0.965. The van der Waals surface area contributed by atoms with E-state index in [9.17, 15) is 4.79 Å². The molecule has 1 aliphatic rings. The van der Waals surface area contributed by atoms with Gasteiger partial charge in [-0.1, -0.05) is 24.3 Å². The molecule has 19 heavy (non-hydrogen) atoms. The van der Waals surface area contributed by atoms with Crippen molar-refractivity contribution in [2.75, 3.05) is 0 Å². The quantitative estimate of drug-likeness (QED) is 0.785. The van der Waals surface area contributed by atoms with E-state index in [1.165, 1.54) is 28.9 Å². The topological polar surface area (TPSA) is 30.0 Å². The first kappa shape index (κ1) is 12.5. The van der Waals surface area contributed by atoms with Crippen LogP contribution in [0.2, 0.25) is 0 Å². The zero-order valence-electron chi connectivity index (χ0n) is 11.1. The number of carbonyl (C=O) groups is 1. The van der Waals surface area contributed by atoms with E-state index in [-0.39, 0.29) is 5.78 Å². The fraction of sp³-hybridized carbons (Fsp3) is 0.375. The van der Waals surface area contributed by atoms with E-state index < -0.39 is 0 Å². The molecule has 1 unspecified atom stereocenters. The van der Waals surface area contributed by atoms with Crippen molar-refractivity contribution in [3.8, 4) is 0 Å². The van der Waals surface area contributed by atoms with E-state index in [2.05, 4.69) is 29.2 Å². The Balaban J connectivity index is 1.79. The Hall–Kier alpha value is -1.48. The number of benzene rings is 1. The van der Waals surface area contributed by atoms with Crippen molar-refractivity contribution in [1.82, 2.24) is 4.98 Å². The number of hydrogen-bond acceptors (Lipinski definition) is 3. The van der Waals surface area contributed by atoms with Gasteiger partial charge in [-0.2, -0.15) is 0 Å². The third-order valence-electron chi connectivity index (χ3n) is 3.82. The van der Waals surface area contributed by atoms with Gasteiger partial charge in [0.15, 0.2) is 5.78 Å². The number of carbonyl (C=O) groups excluding carboxylic acids is 1. The highest BCUT2D eigenvalue weighted by molar-refractivity contribution is 7.13. The molecule has 3 rings (SSSR count). The van der Waals surface area contributed by atoms with Gasteiger partial charge in [-0.25, -0.2) is 4.98 Å². The number of aromatic nitrogens is 1. The van der Waals surface area contributed by atoms with Crippen LogP contribution in [-0.4, -0.2) is 10.8 Å². The Bertz CT molecular complexity index is 602. The SMILES string of the molecule is Cc1ncc(C(=O)CC2CCCc3ccccc32)s1. The lowest BCUT2D eigenvalue weighted by atomic mass is 9.80. The second kappa shape index (κ2) is 5.25. The molecule has 0 radical (unpaired) electrons. The number of aryl methyl sites for hydroxylation is 2. The van der Waals surface area contributed by atoms with Crippen LogP contribution < -0.4 is 0 Å². The molecular formula is C16H17NOS. The first-order valence-corrected chi connectivity index (χ1v) is 7.59. The number of Topliss-reactive ketones (excluding diaryl/α,β-unsaturated/α-hetero) is 1. The molecule has 0 bridgehead atoms. The molecule has 3 heteroatoms. The molecule has 0 amide bonds. The normalized spacial score (nSPS) is 18.1. The summed E-state index contributed by atoms with van der Waals surface area (Å²) in [5.74, 6) is 0.632. The van der Waals surface area contributed by atoms with Crippen LogP contribution in [-0.2, 0) is 6.42 Å². The number of fused-ring (bicyclic) bond motifs is 1. The highest BCUT2D eigenvalue weighted by Gasteiger charge is 2.23. The number of hydrogen-bond donors (Lipinski definition) is 0. The van der Waals surface area contributed by atoms with Crippen molar-refractivity contribution in [2.24, 2.45) is 0 Å². The first-order chi connectivity index (χ1) is 9.24. The molecule has 1 aromatic heterocycles. The molecule has 1 aromatic carbocycles. The second-order valence-electron chi connectivity index (χ2n) is 5.16. The lowest BCUT2D eigenvalue weighted by Gasteiger charge is -2.24. The third-order valence-corrected chi connectivity index (χ3v) is 4.78. The van der Waals surface area contributed by atoms with E-state index in [1.54, 1.807) is 6.20 Å². The van der Waals surface area contributed by atoms with Crippen LogP contribution in [0.3, 0.4) is 0 Å². The third kappa shape index (κ3) is 2.61. The standard InChI is InChI=1S/C16H17NOS/c1-11-17-10-16(19-11)15(18)9-13-7-4-6-12-5-2-3-8-14(12)13/h2-3,5,8,10,13H,4,6-7,9H2,1H3. The molecule has 2 nitrogen and oxygen atoms in total. The average Bonchev–Trinajstić information content (AvgIpc) is 2.86. The predicted octanol–water partition coefficient (Wildman–Crippen LogP) is 4.14. The Morgan fingerprint density at radius 1 is 1.42 bits per heavy atom. The summed E-state index contributed by atoms with van der Waals surface area (Å²) < 4.78 is 0. The average molecular weight is 271 g/mol. The molecule has 1 aliphatic carbocycles. The highest BCUT2D eigenvalue weighted by atomic mass is 32.1. The summed E-state index contributed by atoms with van der Waals surface area (Å²) in [6.45, 7) is 1.94. The van der Waals surface area contributed by atoms with Gasteiger partial charge in [0.05, 0.1) is 9.88 Å².